The van der Waals surface area contributed by atoms with Crippen LogP contribution in [0.2, 0.25) is 0 Å². The Morgan fingerprint density at radius 3 is 2.05 bits per heavy atom. The van der Waals surface area contributed by atoms with Crippen LogP contribution in [0, 0.1) is 0 Å². The Kier molecular flexibility index (Phi) is 8.64. The molecule has 0 radical (unpaired) electrons. The van der Waals surface area contributed by atoms with Gasteiger partial charge in [0.25, 0.3) is 5.91 Å². The Morgan fingerprint density at radius 2 is 1.40 bits per heavy atom. The van der Waals surface area contributed by atoms with Gasteiger partial charge in [0.2, 0.25) is 0 Å². The summed E-state index contributed by atoms with van der Waals surface area (Å²) in [5.74, 6) is -1.85. The van der Waals surface area contributed by atoms with Crippen LogP contribution in [0.4, 0.5) is 10.5 Å². The van der Waals surface area contributed by atoms with Crippen molar-refractivity contribution in [2.24, 2.45) is 0 Å². The van der Waals surface area contributed by atoms with Gasteiger partial charge in [-0.15, -0.1) is 0 Å². The summed E-state index contributed by atoms with van der Waals surface area (Å²) in [5, 5.41) is 12.4. The number of likely N-dealkylation sites (N-methyl/N-ethyl adjacent to an activating group) is 1. The van der Waals surface area contributed by atoms with E-state index in [1.807, 2.05) is 66.7 Å². The summed E-state index contributed by atoms with van der Waals surface area (Å²) in [6.07, 6.45) is -1.54. The second kappa shape index (κ2) is 12.7. The van der Waals surface area contributed by atoms with Gasteiger partial charge in [-0.3, -0.25) is 4.79 Å². The van der Waals surface area contributed by atoms with Crippen molar-refractivity contribution >= 4 is 23.7 Å². The third-order valence-corrected chi connectivity index (χ3v) is 7.53. The molecule has 0 aliphatic heterocycles. The Labute approximate surface area is 244 Å². The Morgan fingerprint density at radius 1 is 0.833 bits per heavy atom. The zero-order chi connectivity index (χ0) is 29.6. The summed E-state index contributed by atoms with van der Waals surface area (Å²) in [6.45, 7) is 1.98. The van der Waals surface area contributed by atoms with Crippen LogP contribution in [0.15, 0.2) is 103 Å². The van der Waals surface area contributed by atoms with E-state index in [9.17, 15) is 19.5 Å². The highest BCUT2D eigenvalue weighted by atomic mass is 16.5. The molecule has 0 aromatic heterocycles. The van der Waals surface area contributed by atoms with Crippen LogP contribution in [0.25, 0.3) is 11.1 Å². The number of fused-ring (bicyclic) bond motifs is 3. The summed E-state index contributed by atoms with van der Waals surface area (Å²) < 4.78 is 11.7. The van der Waals surface area contributed by atoms with E-state index >= 15 is 0 Å². The van der Waals surface area contributed by atoms with Crippen molar-refractivity contribution in [2.45, 2.75) is 31.6 Å². The van der Waals surface area contributed by atoms with E-state index in [1.165, 1.54) is 18.0 Å². The van der Waals surface area contributed by atoms with E-state index < -0.39 is 30.1 Å². The van der Waals surface area contributed by atoms with E-state index in [2.05, 4.69) is 17.4 Å². The second-order valence-corrected chi connectivity index (χ2v) is 10.2. The molecule has 0 saturated carbocycles. The lowest BCUT2D eigenvalue weighted by Crippen LogP contribution is -2.54. The van der Waals surface area contributed by atoms with Gasteiger partial charge in [-0.25, -0.2) is 9.59 Å². The van der Waals surface area contributed by atoms with Gasteiger partial charge in [-0.1, -0.05) is 91.0 Å². The summed E-state index contributed by atoms with van der Waals surface area (Å²) >= 11 is 0. The van der Waals surface area contributed by atoms with E-state index in [0.717, 1.165) is 27.8 Å². The van der Waals surface area contributed by atoms with Crippen LogP contribution >= 0.6 is 0 Å². The number of nitrogens with one attached hydrogen (secondary N) is 1. The van der Waals surface area contributed by atoms with E-state index in [0.29, 0.717) is 0 Å². The minimum atomic E-state index is -1.17. The monoisotopic (exact) mass is 564 g/mol. The van der Waals surface area contributed by atoms with E-state index in [4.69, 9.17) is 9.47 Å². The van der Waals surface area contributed by atoms with E-state index in [1.54, 1.807) is 25.1 Å². The maximum Gasteiger partial charge on any atom is 0.407 e. The molecule has 2 unspecified atom stereocenters. The molecule has 0 bridgehead atoms. The first-order valence-corrected chi connectivity index (χ1v) is 13.7. The molecule has 0 heterocycles. The lowest BCUT2D eigenvalue weighted by molar-refractivity contribution is -0.124. The maximum absolute atomic E-state index is 13.8. The predicted octanol–water partition coefficient (Wildman–Crippen LogP) is 5.86. The van der Waals surface area contributed by atoms with Gasteiger partial charge in [-0.2, -0.15) is 0 Å². The zero-order valence-corrected chi connectivity index (χ0v) is 23.4. The average Bonchev–Trinajstić information content (AvgIpc) is 3.34. The number of hydrogen-bond acceptors (Lipinski definition) is 5. The molecular weight excluding hydrogens is 532 g/mol. The highest BCUT2D eigenvalue weighted by molar-refractivity contribution is 6.04. The number of ether oxygens (including phenoxy) is 2. The largest absolute Gasteiger partial charge is 0.478 e. The topological polar surface area (TPSA) is 105 Å². The first kappa shape index (κ1) is 28.6. The molecule has 2 amide bonds. The first-order valence-electron chi connectivity index (χ1n) is 13.7. The SMILES string of the molecule is CC(OCc1ccccc1)C(NC(=O)OCC1c2ccccc2-c2ccccc21)C(=O)N(C)c1ccccc1C(=O)O. The quantitative estimate of drug-likeness (QED) is 0.250. The highest BCUT2D eigenvalue weighted by Crippen LogP contribution is 2.44. The van der Waals surface area contributed by atoms with Crippen molar-refractivity contribution in [1.82, 2.24) is 5.32 Å². The zero-order valence-electron chi connectivity index (χ0n) is 23.4. The van der Waals surface area contributed by atoms with Crippen molar-refractivity contribution in [2.75, 3.05) is 18.6 Å². The number of nitrogens with zero attached hydrogens (tertiary/aromatic N) is 1. The number of carbonyl (C=O) groups excluding carboxylic acids is 2. The number of para-hydroxylation sites is 1. The van der Waals surface area contributed by atoms with Crippen LogP contribution in [0.5, 0.6) is 0 Å². The van der Waals surface area contributed by atoms with Gasteiger partial charge in [0, 0.05) is 13.0 Å². The molecule has 4 aromatic carbocycles. The fraction of sp³-hybridized carbons (Fsp3) is 0.206. The minimum absolute atomic E-state index is 0.0360. The number of rotatable bonds is 10. The lowest BCUT2D eigenvalue weighted by Gasteiger charge is -2.29. The molecule has 214 valence electrons. The molecule has 8 heteroatoms. The molecule has 4 aromatic rings. The molecular formula is C34H32N2O6. The summed E-state index contributed by atoms with van der Waals surface area (Å²) in [5.41, 5.74) is 5.43. The summed E-state index contributed by atoms with van der Waals surface area (Å²) in [4.78, 5) is 40.0. The number of hydrogen-bond donors (Lipinski definition) is 2. The Balaban J connectivity index is 1.34. The third kappa shape index (κ3) is 6.04. The molecule has 0 spiro atoms. The van der Waals surface area contributed by atoms with Crippen molar-refractivity contribution < 1.29 is 29.0 Å². The first-order chi connectivity index (χ1) is 20.3. The number of carbonyl (C=O) groups is 3. The number of benzene rings is 4. The molecule has 1 aliphatic carbocycles. The number of alkyl carbamates (subject to hydrolysis) is 1. The second-order valence-electron chi connectivity index (χ2n) is 10.2. The van der Waals surface area contributed by atoms with Crippen LogP contribution in [-0.2, 0) is 20.9 Å². The molecule has 1 aliphatic rings. The highest BCUT2D eigenvalue weighted by Gasteiger charge is 2.34. The van der Waals surface area contributed by atoms with Gasteiger partial charge in [0.05, 0.1) is 24.0 Å². The maximum atomic E-state index is 13.8. The van der Waals surface area contributed by atoms with Crippen molar-refractivity contribution in [3.05, 3.63) is 125 Å². The predicted molar refractivity (Wildman–Crippen MR) is 159 cm³/mol. The lowest BCUT2D eigenvalue weighted by atomic mass is 9.98. The van der Waals surface area contributed by atoms with Gasteiger partial charge in [-0.05, 0) is 46.9 Å². The summed E-state index contributed by atoms with van der Waals surface area (Å²) in [7, 11) is 1.47. The molecule has 2 N–H and O–H groups in total. The van der Waals surface area contributed by atoms with Crippen LogP contribution in [0.1, 0.15) is 39.9 Å². The fourth-order valence-electron chi connectivity index (χ4n) is 5.32. The third-order valence-electron chi connectivity index (χ3n) is 7.53. The van der Waals surface area contributed by atoms with Crippen molar-refractivity contribution in [3.63, 3.8) is 0 Å². The Hall–Kier alpha value is -4.95. The average molecular weight is 565 g/mol. The van der Waals surface area contributed by atoms with Crippen molar-refractivity contribution in [3.8, 4) is 11.1 Å². The number of carboxylic acids is 1. The van der Waals surface area contributed by atoms with Crippen molar-refractivity contribution in [1.29, 1.82) is 0 Å². The smallest absolute Gasteiger partial charge is 0.407 e. The number of aromatic carboxylic acids is 1. The van der Waals surface area contributed by atoms with E-state index in [-0.39, 0.29) is 30.4 Å². The molecule has 0 fully saturated rings. The van der Waals surface area contributed by atoms with Gasteiger partial charge in [0.15, 0.2) is 0 Å². The molecule has 5 rings (SSSR count). The fourth-order valence-corrected chi connectivity index (χ4v) is 5.32. The normalized spacial score (nSPS) is 13.4. The van der Waals surface area contributed by atoms with Gasteiger partial charge in [0.1, 0.15) is 12.6 Å². The van der Waals surface area contributed by atoms with Crippen LogP contribution in [-0.4, -0.2) is 48.9 Å². The minimum Gasteiger partial charge on any atom is -0.478 e. The standard InChI is InChI=1S/C34H32N2O6/c1-22(41-20-23-12-4-3-5-13-23)31(32(37)36(2)30-19-11-10-18-28(30)33(38)39)35-34(40)42-21-29-26-16-8-6-14-24(26)25-15-7-9-17-27(25)29/h3-19,22,29,31H,20-21H2,1-2H3,(H,35,40)(H,38,39). The van der Waals surface area contributed by atoms with Crippen LogP contribution in [0.3, 0.4) is 0 Å². The number of anilines is 1. The molecule has 42 heavy (non-hydrogen) atoms. The summed E-state index contributed by atoms with van der Waals surface area (Å²) in [6, 6.07) is 30.6. The van der Waals surface area contributed by atoms with Gasteiger partial charge >= 0.3 is 12.1 Å². The van der Waals surface area contributed by atoms with Crippen LogP contribution < -0.4 is 10.2 Å². The number of amides is 2. The molecule has 8 nitrogen and oxygen atoms in total. The number of carboxylic acid groups (broad SMARTS) is 1. The molecule has 0 saturated heterocycles. The molecule has 2 atom stereocenters. The van der Waals surface area contributed by atoms with Gasteiger partial charge < -0.3 is 24.8 Å². The Bertz CT molecular complexity index is 1540.